The van der Waals surface area contributed by atoms with Crippen LogP contribution in [0.3, 0.4) is 0 Å². The number of aromatic amines is 1. The second-order valence-electron chi connectivity index (χ2n) is 5.77. The van der Waals surface area contributed by atoms with E-state index >= 15 is 0 Å². The first kappa shape index (κ1) is 19.0. The van der Waals surface area contributed by atoms with Crippen LogP contribution in [0.4, 0.5) is 10.2 Å². The van der Waals surface area contributed by atoms with Gasteiger partial charge in [0.2, 0.25) is 0 Å². The number of nitriles is 2. The standard InChI is InChI=1S/C20H12ClFN4O2/c21-13-5-4-12(17(22)7-13)10-28-14-3-1-2-11(6-14)18-15(8-23)19(25)26-20(27)16(18)9-24/h1-7H,10H2,(H3,25,26,27). The number of halogens is 2. The fourth-order valence-corrected chi connectivity index (χ4v) is 2.83. The fourth-order valence-electron chi connectivity index (χ4n) is 2.67. The monoisotopic (exact) mass is 394 g/mol. The SMILES string of the molecule is N#Cc1c(N)[nH]c(=O)c(C#N)c1-c1cccc(OCc2ccc(Cl)cc2F)c1. The molecule has 0 radical (unpaired) electrons. The number of benzene rings is 2. The summed E-state index contributed by atoms with van der Waals surface area (Å²) in [6, 6.07) is 14.4. The number of H-pyrrole nitrogens is 1. The highest BCUT2D eigenvalue weighted by atomic mass is 35.5. The Hall–Kier alpha value is -3.81. The van der Waals surface area contributed by atoms with Crippen LogP contribution in [0.5, 0.6) is 5.75 Å². The maximum atomic E-state index is 13.9. The first-order valence-corrected chi connectivity index (χ1v) is 8.35. The van der Waals surface area contributed by atoms with Crippen LogP contribution >= 0.6 is 11.6 Å². The molecule has 6 nitrogen and oxygen atoms in total. The minimum atomic E-state index is -0.691. The largest absolute Gasteiger partial charge is 0.489 e. The van der Waals surface area contributed by atoms with Crippen LogP contribution in [-0.4, -0.2) is 4.98 Å². The van der Waals surface area contributed by atoms with E-state index in [9.17, 15) is 19.7 Å². The van der Waals surface area contributed by atoms with Gasteiger partial charge in [-0.05, 0) is 29.8 Å². The molecule has 0 atom stereocenters. The number of anilines is 1. The number of hydrogen-bond acceptors (Lipinski definition) is 5. The van der Waals surface area contributed by atoms with Gasteiger partial charge >= 0.3 is 0 Å². The van der Waals surface area contributed by atoms with Crippen molar-refractivity contribution in [2.45, 2.75) is 6.61 Å². The molecule has 0 aliphatic rings. The van der Waals surface area contributed by atoms with Crippen LogP contribution < -0.4 is 16.0 Å². The average molecular weight is 395 g/mol. The molecule has 0 unspecified atom stereocenters. The fraction of sp³-hybridized carbons (Fsp3) is 0.0500. The van der Waals surface area contributed by atoms with Gasteiger partial charge in [-0.3, -0.25) is 4.79 Å². The lowest BCUT2D eigenvalue weighted by Crippen LogP contribution is -2.16. The molecule has 2 aromatic carbocycles. The van der Waals surface area contributed by atoms with Crippen LogP contribution in [-0.2, 0) is 6.61 Å². The summed E-state index contributed by atoms with van der Waals surface area (Å²) in [5.41, 5.74) is 5.62. The van der Waals surface area contributed by atoms with Crippen molar-refractivity contribution in [1.29, 1.82) is 10.5 Å². The molecule has 0 saturated carbocycles. The van der Waals surface area contributed by atoms with Crippen LogP contribution in [0.1, 0.15) is 16.7 Å². The Kier molecular flexibility index (Phi) is 5.30. The summed E-state index contributed by atoms with van der Waals surface area (Å²) in [6.45, 7) is -0.0554. The number of hydrogen-bond donors (Lipinski definition) is 2. The van der Waals surface area contributed by atoms with Gasteiger partial charge in [0.15, 0.2) is 0 Å². The van der Waals surface area contributed by atoms with Crippen molar-refractivity contribution in [2.75, 3.05) is 5.73 Å². The van der Waals surface area contributed by atoms with Gasteiger partial charge in [-0.2, -0.15) is 10.5 Å². The van der Waals surface area contributed by atoms with Gasteiger partial charge in [0.1, 0.15) is 47.3 Å². The second kappa shape index (κ2) is 7.83. The van der Waals surface area contributed by atoms with Gasteiger partial charge in [0.05, 0.1) is 0 Å². The normalized spacial score (nSPS) is 10.1. The molecule has 0 aliphatic heterocycles. The third-order valence-corrected chi connectivity index (χ3v) is 4.24. The van der Waals surface area contributed by atoms with Crippen molar-refractivity contribution in [3.63, 3.8) is 0 Å². The smallest absolute Gasteiger partial charge is 0.268 e. The Labute approximate surface area is 164 Å². The lowest BCUT2D eigenvalue weighted by atomic mass is 9.96. The first-order valence-electron chi connectivity index (χ1n) is 7.97. The predicted octanol–water partition coefficient (Wildman–Crippen LogP) is 3.74. The molecule has 0 spiro atoms. The molecular formula is C20H12ClFN4O2. The minimum Gasteiger partial charge on any atom is -0.489 e. The molecule has 0 bridgehead atoms. The topological polar surface area (TPSA) is 116 Å². The molecule has 1 aromatic heterocycles. The zero-order chi connectivity index (χ0) is 20.3. The highest BCUT2D eigenvalue weighted by Crippen LogP contribution is 2.30. The molecule has 0 amide bonds. The van der Waals surface area contributed by atoms with Gasteiger partial charge in [-0.25, -0.2) is 4.39 Å². The number of aromatic nitrogens is 1. The molecule has 0 saturated heterocycles. The van der Waals surface area contributed by atoms with Crippen molar-refractivity contribution < 1.29 is 9.13 Å². The Balaban J connectivity index is 2.00. The number of rotatable bonds is 4. The van der Waals surface area contributed by atoms with Gasteiger partial charge in [0, 0.05) is 16.1 Å². The van der Waals surface area contributed by atoms with Crippen molar-refractivity contribution in [2.24, 2.45) is 0 Å². The van der Waals surface area contributed by atoms with Crippen molar-refractivity contribution in [3.05, 3.63) is 80.3 Å². The third-order valence-electron chi connectivity index (χ3n) is 4.00. The molecule has 0 aliphatic carbocycles. The van der Waals surface area contributed by atoms with E-state index in [1.54, 1.807) is 36.4 Å². The van der Waals surface area contributed by atoms with Gasteiger partial charge in [-0.15, -0.1) is 0 Å². The van der Waals surface area contributed by atoms with Gasteiger partial charge < -0.3 is 15.5 Å². The van der Waals surface area contributed by atoms with Crippen LogP contribution in [0.2, 0.25) is 5.02 Å². The van der Waals surface area contributed by atoms with E-state index in [0.29, 0.717) is 16.9 Å². The maximum absolute atomic E-state index is 13.9. The molecule has 3 rings (SSSR count). The molecule has 1 heterocycles. The molecule has 138 valence electrons. The van der Waals surface area contributed by atoms with Gasteiger partial charge in [0.25, 0.3) is 5.56 Å². The highest BCUT2D eigenvalue weighted by Gasteiger charge is 2.18. The number of nitrogens with two attached hydrogens (primary N) is 1. The summed E-state index contributed by atoms with van der Waals surface area (Å²) in [4.78, 5) is 14.3. The molecule has 28 heavy (non-hydrogen) atoms. The van der Waals surface area contributed by atoms with E-state index in [-0.39, 0.29) is 34.1 Å². The number of ether oxygens (including phenoxy) is 1. The van der Waals surface area contributed by atoms with Crippen molar-refractivity contribution in [3.8, 4) is 29.0 Å². The zero-order valence-corrected chi connectivity index (χ0v) is 15.0. The second-order valence-corrected chi connectivity index (χ2v) is 6.21. The zero-order valence-electron chi connectivity index (χ0n) is 14.3. The highest BCUT2D eigenvalue weighted by molar-refractivity contribution is 6.30. The number of nitrogen functional groups attached to an aromatic ring is 1. The summed E-state index contributed by atoms with van der Waals surface area (Å²) in [5.74, 6) is -0.265. The third kappa shape index (κ3) is 3.66. The Morgan fingerprint density at radius 3 is 2.57 bits per heavy atom. The number of nitrogens with one attached hydrogen (secondary N) is 1. The number of nitrogens with zero attached hydrogens (tertiary/aromatic N) is 2. The van der Waals surface area contributed by atoms with Crippen LogP contribution in [0, 0.1) is 28.5 Å². The summed E-state index contributed by atoms with van der Waals surface area (Å²) < 4.78 is 19.5. The Morgan fingerprint density at radius 2 is 1.89 bits per heavy atom. The first-order chi connectivity index (χ1) is 13.4. The lowest BCUT2D eigenvalue weighted by molar-refractivity contribution is 0.300. The maximum Gasteiger partial charge on any atom is 0.268 e. The predicted molar refractivity (Wildman–Crippen MR) is 102 cm³/mol. The quantitative estimate of drug-likeness (QED) is 0.699. The lowest BCUT2D eigenvalue weighted by Gasteiger charge is -2.11. The Bertz CT molecular complexity index is 1210. The average Bonchev–Trinajstić information content (AvgIpc) is 2.67. The van der Waals surface area contributed by atoms with E-state index in [0.717, 1.165) is 0 Å². The van der Waals surface area contributed by atoms with Crippen LogP contribution in [0.15, 0.2) is 47.3 Å². The molecule has 8 heteroatoms. The minimum absolute atomic E-state index is 0.0166. The van der Waals surface area contributed by atoms with E-state index in [2.05, 4.69) is 4.98 Å². The van der Waals surface area contributed by atoms with Crippen LogP contribution in [0.25, 0.3) is 11.1 Å². The summed E-state index contributed by atoms with van der Waals surface area (Å²) in [6.07, 6.45) is 0. The van der Waals surface area contributed by atoms with E-state index in [1.807, 2.05) is 6.07 Å². The van der Waals surface area contributed by atoms with Gasteiger partial charge in [-0.1, -0.05) is 29.8 Å². The summed E-state index contributed by atoms with van der Waals surface area (Å²) >= 11 is 5.73. The molecule has 3 aromatic rings. The molecular weight excluding hydrogens is 383 g/mol. The van der Waals surface area contributed by atoms with Crippen molar-refractivity contribution in [1.82, 2.24) is 4.98 Å². The van der Waals surface area contributed by atoms with E-state index < -0.39 is 11.4 Å². The van der Waals surface area contributed by atoms with E-state index in [4.69, 9.17) is 22.1 Å². The van der Waals surface area contributed by atoms with E-state index in [1.165, 1.54) is 12.1 Å². The summed E-state index contributed by atoms with van der Waals surface area (Å²) in [7, 11) is 0. The summed E-state index contributed by atoms with van der Waals surface area (Å²) in [5, 5.41) is 19.0. The van der Waals surface area contributed by atoms with Crippen molar-refractivity contribution >= 4 is 17.4 Å². The Morgan fingerprint density at radius 1 is 1.14 bits per heavy atom. The number of pyridine rings is 1. The molecule has 3 N–H and O–H groups in total. The molecule has 0 fully saturated rings.